The van der Waals surface area contributed by atoms with Gasteiger partial charge in [0.2, 0.25) is 0 Å². The molecule has 1 aromatic heterocycles. The molecule has 0 spiro atoms. The molecule has 19 heavy (non-hydrogen) atoms. The van der Waals surface area contributed by atoms with Crippen LogP contribution in [0.3, 0.4) is 0 Å². The number of pyridine rings is 1. The van der Waals surface area contributed by atoms with Crippen molar-refractivity contribution in [2.45, 2.75) is 30.2 Å². The first kappa shape index (κ1) is 14.1. The lowest BCUT2D eigenvalue weighted by molar-refractivity contribution is 0.589. The molecule has 0 saturated heterocycles. The van der Waals surface area contributed by atoms with Crippen LogP contribution in [0.15, 0.2) is 53.7 Å². The predicted molar refractivity (Wildman–Crippen MR) is 82.5 cm³/mol. The summed E-state index contributed by atoms with van der Waals surface area (Å²) in [6, 6.07) is 15.1. The summed E-state index contributed by atoms with van der Waals surface area (Å²) in [7, 11) is 2.01. The van der Waals surface area contributed by atoms with Gasteiger partial charge in [-0.1, -0.05) is 42.8 Å². The summed E-state index contributed by atoms with van der Waals surface area (Å²) in [5.74, 6) is 0. The van der Waals surface area contributed by atoms with Gasteiger partial charge < -0.3 is 5.32 Å². The Hall–Kier alpha value is -1.32. The lowest BCUT2D eigenvalue weighted by Crippen LogP contribution is -2.25. The monoisotopic (exact) mass is 272 g/mol. The van der Waals surface area contributed by atoms with E-state index in [9.17, 15) is 0 Å². The standard InChI is InChI=1S/C16H20N2S/c1-12-7-9-14(10-8-12)16(17-3)13(2)19-15-6-4-5-11-18-15/h4-11,13,16-17H,1-3H3. The highest BCUT2D eigenvalue weighted by atomic mass is 32.2. The number of aryl methyl sites for hydroxylation is 1. The van der Waals surface area contributed by atoms with Gasteiger partial charge in [0.25, 0.3) is 0 Å². The number of aromatic nitrogens is 1. The van der Waals surface area contributed by atoms with E-state index >= 15 is 0 Å². The number of rotatable bonds is 5. The molecule has 1 aromatic carbocycles. The van der Waals surface area contributed by atoms with Gasteiger partial charge in [0.1, 0.15) is 0 Å². The maximum atomic E-state index is 4.38. The van der Waals surface area contributed by atoms with Crippen LogP contribution in [0.2, 0.25) is 0 Å². The minimum absolute atomic E-state index is 0.326. The van der Waals surface area contributed by atoms with Gasteiger partial charge in [0, 0.05) is 17.5 Å². The fourth-order valence-electron chi connectivity index (χ4n) is 2.12. The molecule has 1 N–H and O–H groups in total. The van der Waals surface area contributed by atoms with E-state index in [1.54, 1.807) is 11.8 Å². The van der Waals surface area contributed by atoms with Crippen LogP contribution in [-0.2, 0) is 0 Å². The maximum absolute atomic E-state index is 4.38. The fourth-order valence-corrected chi connectivity index (χ4v) is 3.21. The third-order valence-electron chi connectivity index (χ3n) is 3.16. The Balaban J connectivity index is 2.11. The summed E-state index contributed by atoms with van der Waals surface area (Å²) in [6.07, 6.45) is 1.84. The zero-order valence-electron chi connectivity index (χ0n) is 11.6. The molecule has 2 unspecified atom stereocenters. The molecule has 0 aliphatic carbocycles. The molecule has 3 heteroatoms. The first-order chi connectivity index (χ1) is 9.20. The largest absolute Gasteiger partial charge is 0.312 e. The molecule has 100 valence electrons. The van der Waals surface area contributed by atoms with Gasteiger partial charge >= 0.3 is 0 Å². The third kappa shape index (κ3) is 3.82. The number of benzene rings is 1. The highest BCUT2D eigenvalue weighted by Crippen LogP contribution is 2.30. The van der Waals surface area contributed by atoms with Crippen molar-refractivity contribution in [3.63, 3.8) is 0 Å². The van der Waals surface area contributed by atoms with Crippen molar-refractivity contribution >= 4 is 11.8 Å². The summed E-state index contributed by atoms with van der Waals surface area (Å²) >= 11 is 1.80. The quantitative estimate of drug-likeness (QED) is 0.837. The first-order valence-corrected chi connectivity index (χ1v) is 7.40. The van der Waals surface area contributed by atoms with Crippen LogP contribution in [0.4, 0.5) is 0 Å². The van der Waals surface area contributed by atoms with Crippen molar-refractivity contribution in [3.8, 4) is 0 Å². The lowest BCUT2D eigenvalue weighted by atomic mass is 10.0. The van der Waals surface area contributed by atoms with E-state index in [0.29, 0.717) is 11.3 Å². The van der Waals surface area contributed by atoms with Gasteiger partial charge in [-0.25, -0.2) is 4.98 Å². The smallest absolute Gasteiger partial charge is 0.0963 e. The van der Waals surface area contributed by atoms with E-state index in [-0.39, 0.29) is 0 Å². The van der Waals surface area contributed by atoms with Crippen molar-refractivity contribution in [2.24, 2.45) is 0 Å². The Morgan fingerprint density at radius 3 is 2.42 bits per heavy atom. The first-order valence-electron chi connectivity index (χ1n) is 6.52. The van der Waals surface area contributed by atoms with Crippen molar-refractivity contribution in [1.29, 1.82) is 0 Å². The molecule has 2 rings (SSSR count). The predicted octanol–water partition coefficient (Wildman–Crippen LogP) is 3.83. The van der Waals surface area contributed by atoms with Gasteiger partial charge in [-0.2, -0.15) is 0 Å². The van der Waals surface area contributed by atoms with E-state index in [1.807, 2.05) is 25.4 Å². The number of hydrogen-bond acceptors (Lipinski definition) is 3. The molecule has 0 aliphatic heterocycles. The molecular weight excluding hydrogens is 252 g/mol. The van der Waals surface area contributed by atoms with Gasteiger partial charge in [0.15, 0.2) is 0 Å². The van der Waals surface area contributed by atoms with E-state index in [1.165, 1.54) is 11.1 Å². The van der Waals surface area contributed by atoms with Crippen LogP contribution in [0.5, 0.6) is 0 Å². The number of thioether (sulfide) groups is 1. The Morgan fingerprint density at radius 1 is 1.11 bits per heavy atom. The third-order valence-corrected chi connectivity index (χ3v) is 4.29. The summed E-state index contributed by atoms with van der Waals surface area (Å²) in [5.41, 5.74) is 2.62. The second-order valence-corrected chi connectivity index (χ2v) is 6.07. The van der Waals surface area contributed by atoms with Crippen LogP contribution in [0.25, 0.3) is 0 Å². The molecule has 0 radical (unpaired) electrons. The van der Waals surface area contributed by atoms with Crippen molar-refractivity contribution in [2.75, 3.05) is 7.05 Å². The maximum Gasteiger partial charge on any atom is 0.0963 e. The summed E-state index contributed by atoms with van der Waals surface area (Å²) in [4.78, 5) is 4.38. The molecule has 0 fully saturated rings. The molecule has 2 nitrogen and oxygen atoms in total. The van der Waals surface area contributed by atoms with E-state index in [0.717, 1.165) is 5.03 Å². The van der Waals surface area contributed by atoms with Gasteiger partial charge in [-0.3, -0.25) is 0 Å². The van der Waals surface area contributed by atoms with Gasteiger partial charge in [-0.15, -0.1) is 11.8 Å². The lowest BCUT2D eigenvalue weighted by Gasteiger charge is -2.23. The van der Waals surface area contributed by atoms with E-state index in [2.05, 4.69) is 54.5 Å². The second-order valence-electron chi connectivity index (χ2n) is 4.67. The van der Waals surface area contributed by atoms with Crippen LogP contribution in [-0.4, -0.2) is 17.3 Å². The normalized spacial score (nSPS) is 14.1. The van der Waals surface area contributed by atoms with Crippen LogP contribution in [0.1, 0.15) is 24.1 Å². The number of hydrogen-bond donors (Lipinski definition) is 1. The molecule has 1 heterocycles. The van der Waals surface area contributed by atoms with E-state index < -0.39 is 0 Å². The van der Waals surface area contributed by atoms with E-state index in [4.69, 9.17) is 0 Å². The topological polar surface area (TPSA) is 24.9 Å². The zero-order chi connectivity index (χ0) is 13.7. The average Bonchev–Trinajstić information content (AvgIpc) is 2.43. The number of nitrogens with one attached hydrogen (secondary N) is 1. The molecule has 0 bridgehead atoms. The number of nitrogens with zero attached hydrogens (tertiary/aromatic N) is 1. The van der Waals surface area contributed by atoms with Crippen molar-refractivity contribution in [1.82, 2.24) is 10.3 Å². The van der Waals surface area contributed by atoms with Crippen LogP contribution >= 0.6 is 11.8 Å². The van der Waals surface area contributed by atoms with Gasteiger partial charge in [0.05, 0.1) is 5.03 Å². The molecule has 0 amide bonds. The minimum Gasteiger partial charge on any atom is -0.312 e. The zero-order valence-corrected chi connectivity index (χ0v) is 12.4. The molecule has 2 atom stereocenters. The Kier molecular flexibility index (Phi) is 5.00. The Morgan fingerprint density at radius 2 is 1.84 bits per heavy atom. The van der Waals surface area contributed by atoms with Crippen molar-refractivity contribution < 1.29 is 0 Å². The minimum atomic E-state index is 0.326. The summed E-state index contributed by atoms with van der Waals surface area (Å²) in [5, 5.41) is 4.90. The molecule has 0 saturated carbocycles. The van der Waals surface area contributed by atoms with Crippen LogP contribution in [0, 0.1) is 6.92 Å². The highest BCUT2D eigenvalue weighted by molar-refractivity contribution is 7.99. The Bertz CT molecular complexity index is 496. The molecule has 0 aliphatic rings. The highest BCUT2D eigenvalue weighted by Gasteiger charge is 2.18. The fraction of sp³-hybridized carbons (Fsp3) is 0.312. The van der Waals surface area contributed by atoms with Gasteiger partial charge in [-0.05, 0) is 31.7 Å². The van der Waals surface area contributed by atoms with Crippen molar-refractivity contribution in [3.05, 3.63) is 59.8 Å². The SMILES string of the molecule is CNC(c1ccc(C)cc1)C(C)Sc1ccccn1. The molecular formula is C16H20N2S. The molecule has 2 aromatic rings. The summed E-state index contributed by atoms with van der Waals surface area (Å²) in [6.45, 7) is 4.35. The Labute approximate surface area is 119 Å². The second kappa shape index (κ2) is 6.73. The average molecular weight is 272 g/mol. The van der Waals surface area contributed by atoms with Crippen LogP contribution < -0.4 is 5.32 Å². The summed E-state index contributed by atoms with van der Waals surface area (Å²) < 4.78 is 0.